The van der Waals surface area contributed by atoms with Crippen LogP contribution in [0.15, 0.2) is 30.5 Å². The largest absolute Gasteiger partial charge is 0.415 e. The predicted molar refractivity (Wildman–Crippen MR) is 80.5 cm³/mol. The highest BCUT2D eigenvalue weighted by Gasteiger charge is 2.32. The molecular weight excluding hydrogens is 266 g/mol. The van der Waals surface area contributed by atoms with Gasteiger partial charge in [0.05, 0.1) is 0 Å². The Morgan fingerprint density at radius 2 is 2.00 bits per heavy atom. The summed E-state index contributed by atoms with van der Waals surface area (Å²) in [5.74, 6) is 0.617. The van der Waals surface area contributed by atoms with Crippen molar-refractivity contribution in [2.45, 2.75) is 18.9 Å². The molecule has 0 spiro atoms. The smallest absolute Gasteiger partial charge is 0.410 e. The molecular formula is C16H19N3O2. The summed E-state index contributed by atoms with van der Waals surface area (Å²) in [6.45, 7) is 3.94. The standard InChI is InChI=1S/C16H19N3O2/c20-16(19-10-9-18-7-4-13(19)5-8-18)21-14-1-2-15-12(11-14)3-6-17-15/h1-3,6,11,13,17H,4-5,7-10H2. The highest BCUT2D eigenvalue weighted by molar-refractivity contribution is 5.82. The molecule has 0 unspecified atom stereocenters. The van der Waals surface area contributed by atoms with E-state index in [4.69, 9.17) is 4.74 Å². The first-order valence-electron chi connectivity index (χ1n) is 7.57. The molecule has 2 bridgehead atoms. The number of H-pyrrole nitrogens is 1. The third kappa shape index (κ3) is 2.38. The first-order chi connectivity index (χ1) is 10.3. The molecule has 1 N–H and O–H groups in total. The summed E-state index contributed by atoms with van der Waals surface area (Å²) >= 11 is 0. The van der Waals surface area contributed by atoms with E-state index in [1.807, 2.05) is 35.4 Å². The van der Waals surface area contributed by atoms with Crippen molar-refractivity contribution in [2.24, 2.45) is 0 Å². The lowest BCUT2D eigenvalue weighted by molar-refractivity contribution is 0.131. The van der Waals surface area contributed by atoms with E-state index in [1.54, 1.807) is 0 Å². The number of aromatic nitrogens is 1. The molecule has 110 valence electrons. The fourth-order valence-corrected chi connectivity index (χ4v) is 3.38. The van der Waals surface area contributed by atoms with Crippen LogP contribution in [0.25, 0.3) is 10.9 Å². The topological polar surface area (TPSA) is 48.6 Å². The van der Waals surface area contributed by atoms with Crippen molar-refractivity contribution in [1.82, 2.24) is 14.8 Å². The van der Waals surface area contributed by atoms with E-state index >= 15 is 0 Å². The maximum Gasteiger partial charge on any atom is 0.415 e. The van der Waals surface area contributed by atoms with Crippen molar-refractivity contribution in [1.29, 1.82) is 0 Å². The van der Waals surface area contributed by atoms with Crippen molar-refractivity contribution < 1.29 is 9.53 Å². The minimum absolute atomic E-state index is 0.210. The highest BCUT2D eigenvalue weighted by Crippen LogP contribution is 2.24. The van der Waals surface area contributed by atoms with E-state index < -0.39 is 0 Å². The van der Waals surface area contributed by atoms with Crippen LogP contribution in [0, 0.1) is 0 Å². The minimum Gasteiger partial charge on any atom is -0.410 e. The van der Waals surface area contributed by atoms with Gasteiger partial charge >= 0.3 is 6.09 Å². The predicted octanol–water partition coefficient (Wildman–Crippen LogP) is 2.45. The van der Waals surface area contributed by atoms with Crippen LogP contribution in [0.2, 0.25) is 0 Å². The number of fused-ring (bicyclic) bond motifs is 5. The number of carbonyl (C=O) groups excluding carboxylic acids is 1. The third-order valence-electron chi connectivity index (χ3n) is 4.62. The first kappa shape index (κ1) is 12.7. The SMILES string of the molecule is O=C(Oc1ccc2[nH]ccc2c1)N1CCN2CCC1CC2. The summed E-state index contributed by atoms with van der Waals surface area (Å²) in [6.07, 6.45) is 3.80. The molecule has 1 amide bonds. The maximum absolute atomic E-state index is 12.5. The van der Waals surface area contributed by atoms with Gasteiger partial charge in [-0.15, -0.1) is 0 Å². The van der Waals surface area contributed by atoms with Crippen LogP contribution < -0.4 is 4.74 Å². The zero-order valence-electron chi connectivity index (χ0n) is 11.9. The Bertz CT molecular complexity index is 658. The van der Waals surface area contributed by atoms with Crippen LogP contribution in [0.4, 0.5) is 4.79 Å². The molecule has 1 aromatic heterocycles. The fourth-order valence-electron chi connectivity index (χ4n) is 3.38. The van der Waals surface area contributed by atoms with Crippen molar-refractivity contribution in [3.63, 3.8) is 0 Å². The number of piperidine rings is 1. The number of amides is 1. The number of rotatable bonds is 1. The lowest BCUT2D eigenvalue weighted by atomic mass is 10.1. The number of aromatic amines is 1. The Labute approximate surface area is 123 Å². The molecule has 3 fully saturated rings. The van der Waals surface area contributed by atoms with E-state index in [0.717, 1.165) is 49.9 Å². The Morgan fingerprint density at radius 3 is 2.86 bits per heavy atom. The van der Waals surface area contributed by atoms with Crippen molar-refractivity contribution in [3.8, 4) is 5.75 Å². The number of nitrogens with zero attached hydrogens (tertiary/aromatic N) is 2. The molecule has 0 atom stereocenters. The summed E-state index contributed by atoms with van der Waals surface area (Å²) in [6, 6.07) is 8.01. The number of hydrogen-bond donors (Lipinski definition) is 1. The Morgan fingerprint density at radius 1 is 1.14 bits per heavy atom. The molecule has 0 radical (unpaired) electrons. The van der Waals surface area contributed by atoms with E-state index in [9.17, 15) is 4.79 Å². The van der Waals surface area contributed by atoms with Gasteiger partial charge in [0, 0.05) is 49.3 Å². The first-order valence-corrected chi connectivity index (χ1v) is 7.57. The van der Waals surface area contributed by atoms with Gasteiger partial charge in [-0.05, 0) is 37.1 Å². The van der Waals surface area contributed by atoms with E-state index in [-0.39, 0.29) is 6.09 Å². The summed E-state index contributed by atoms with van der Waals surface area (Å²) in [7, 11) is 0. The molecule has 3 saturated heterocycles. The second-order valence-corrected chi connectivity index (χ2v) is 5.86. The quantitative estimate of drug-likeness (QED) is 0.875. The molecule has 0 aliphatic carbocycles. The zero-order chi connectivity index (χ0) is 14.2. The maximum atomic E-state index is 12.5. The Balaban J connectivity index is 1.51. The Hall–Kier alpha value is -2.01. The summed E-state index contributed by atoms with van der Waals surface area (Å²) in [4.78, 5) is 19.9. The Kier molecular flexibility index (Phi) is 3.07. The molecule has 0 saturated carbocycles. The van der Waals surface area contributed by atoms with Crippen molar-refractivity contribution in [3.05, 3.63) is 30.5 Å². The number of benzene rings is 1. The van der Waals surface area contributed by atoms with E-state index in [0.29, 0.717) is 11.8 Å². The molecule has 3 aliphatic rings. The average molecular weight is 285 g/mol. The van der Waals surface area contributed by atoms with Crippen LogP contribution in [0.3, 0.4) is 0 Å². The van der Waals surface area contributed by atoms with Gasteiger partial charge in [-0.2, -0.15) is 0 Å². The molecule has 5 heteroatoms. The number of nitrogens with one attached hydrogen (secondary N) is 1. The normalized spacial score (nSPS) is 25.0. The minimum atomic E-state index is -0.210. The number of carbonyl (C=O) groups is 1. The molecule has 4 heterocycles. The van der Waals surface area contributed by atoms with Gasteiger partial charge in [-0.25, -0.2) is 4.79 Å². The van der Waals surface area contributed by atoms with E-state index in [2.05, 4.69) is 9.88 Å². The van der Waals surface area contributed by atoms with Gasteiger partial charge in [0.15, 0.2) is 0 Å². The average Bonchev–Trinajstić information content (AvgIpc) is 2.75. The van der Waals surface area contributed by atoms with Crippen LogP contribution in [-0.4, -0.2) is 53.1 Å². The zero-order valence-corrected chi connectivity index (χ0v) is 11.9. The summed E-state index contributed by atoms with van der Waals surface area (Å²) in [5.41, 5.74) is 1.05. The van der Waals surface area contributed by atoms with E-state index in [1.165, 1.54) is 0 Å². The number of ether oxygens (including phenoxy) is 1. The molecule has 2 aromatic rings. The molecule has 1 aromatic carbocycles. The molecule has 5 nitrogen and oxygen atoms in total. The molecule has 3 aliphatic heterocycles. The lowest BCUT2D eigenvalue weighted by Crippen LogP contribution is -2.43. The summed E-state index contributed by atoms with van der Waals surface area (Å²) < 4.78 is 5.59. The van der Waals surface area contributed by atoms with Crippen molar-refractivity contribution >= 4 is 17.0 Å². The summed E-state index contributed by atoms with van der Waals surface area (Å²) in [5, 5.41) is 1.06. The fraction of sp³-hybridized carbons (Fsp3) is 0.438. The number of hydrogen-bond acceptors (Lipinski definition) is 3. The molecule has 21 heavy (non-hydrogen) atoms. The van der Waals surface area contributed by atoms with Gasteiger partial charge in [0.25, 0.3) is 0 Å². The van der Waals surface area contributed by atoms with Crippen molar-refractivity contribution in [2.75, 3.05) is 26.2 Å². The van der Waals surface area contributed by atoms with Gasteiger partial charge in [-0.1, -0.05) is 0 Å². The van der Waals surface area contributed by atoms with Crippen LogP contribution in [0.5, 0.6) is 5.75 Å². The highest BCUT2D eigenvalue weighted by atomic mass is 16.6. The second-order valence-electron chi connectivity index (χ2n) is 5.86. The second kappa shape index (κ2) is 5.07. The third-order valence-corrected chi connectivity index (χ3v) is 4.62. The van der Waals surface area contributed by atoms with Crippen LogP contribution in [0.1, 0.15) is 12.8 Å². The van der Waals surface area contributed by atoms with Crippen LogP contribution in [-0.2, 0) is 0 Å². The molecule has 5 rings (SSSR count). The van der Waals surface area contributed by atoms with Gasteiger partial charge in [-0.3, -0.25) is 0 Å². The van der Waals surface area contributed by atoms with Crippen LogP contribution >= 0.6 is 0 Å². The van der Waals surface area contributed by atoms with Gasteiger partial charge in [0.1, 0.15) is 5.75 Å². The van der Waals surface area contributed by atoms with Gasteiger partial charge < -0.3 is 19.5 Å². The lowest BCUT2D eigenvalue weighted by Gasteiger charge is -2.30. The van der Waals surface area contributed by atoms with Gasteiger partial charge in [0.2, 0.25) is 0 Å². The monoisotopic (exact) mass is 285 g/mol.